The number of benzene rings is 1. The number of hydrogen-bond donors (Lipinski definition) is 1. The Balaban J connectivity index is 1.60. The molecule has 2 heterocycles. The van der Waals surface area contributed by atoms with Gasteiger partial charge in [-0.15, -0.1) is 0 Å². The van der Waals surface area contributed by atoms with E-state index in [0.717, 1.165) is 50.3 Å². The van der Waals surface area contributed by atoms with Crippen LogP contribution in [0.4, 0.5) is 0 Å². The lowest BCUT2D eigenvalue weighted by Gasteiger charge is -2.13. The molecule has 4 nitrogen and oxygen atoms in total. The average Bonchev–Trinajstić information content (AvgIpc) is 3.13. The zero-order chi connectivity index (χ0) is 14.7. The number of aliphatic hydroxyl groups is 1. The quantitative estimate of drug-likeness (QED) is 0.860. The molecular formula is C17H21NO3. The first-order valence-electron chi connectivity index (χ1n) is 7.60. The maximum Gasteiger partial charge on any atom is 0.246 e. The highest BCUT2D eigenvalue weighted by atomic mass is 16.5. The van der Waals surface area contributed by atoms with Gasteiger partial charge in [-0.25, -0.2) is 0 Å². The molecule has 0 aliphatic carbocycles. The van der Waals surface area contributed by atoms with E-state index in [2.05, 4.69) is 6.07 Å². The molecule has 1 N–H and O–H groups in total. The molecule has 1 aromatic rings. The van der Waals surface area contributed by atoms with Crippen molar-refractivity contribution in [3.63, 3.8) is 0 Å². The summed E-state index contributed by atoms with van der Waals surface area (Å²) < 4.78 is 5.48. The second-order valence-electron chi connectivity index (χ2n) is 5.75. The van der Waals surface area contributed by atoms with Gasteiger partial charge in [-0.3, -0.25) is 4.79 Å². The number of hydrogen-bond acceptors (Lipinski definition) is 3. The first-order chi connectivity index (χ1) is 10.3. The maximum atomic E-state index is 12.2. The van der Waals surface area contributed by atoms with Gasteiger partial charge in [0.1, 0.15) is 5.75 Å². The minimum atomic E-state index is 0.0622. The average molecular weight is 287 g/mol. The number of carbonyl (C=O) groups is 1. The molecule has 21 heavy (non-hydrogen) atoms. The summed E-state index contributed by atoms with van der Waals surface area (Å²) in [5.74, 6) is 1.47. The minimum Gasteiger partial charge on any atom is -0.493 e. The van der Waals surface area contributed by atoms with Crippen molar-refractivity contribution in [3.8, 4) is 5.75 Å². The lowest BCUT2D eigenvalue weighted by atomic mass is 10.1. The molecule has 0 saturated carbocycles. The van der Waals surface area contributed by atoms with Crippen LogP contribution in [-0.2, 0) is 11.2 Å². The van der Waals surface area contributed by atoms with Crippen LogP contribution in [0.1, 0.15) is 24.0 Å². The topological polar surface area (TPSA) is 49.8 Å². The van der Waals surface area contributed by atoms with Gasteiger partial charge in [0.2, 0.25) is 5.91 Å². The van der Waals surface area contributed by atoms with Crippen LogP contribution in [0.3, 0.4) is 0 Å². The van der Waals surface area contributed by atoms with Crippen LogP contribution in [0.15, 0.2) is 24.3 Å². The maximum absolute atomic E-state index is 12.2. The van der Waals surface area contributed by atoms with Crippen LogP contribution in [-0.4, -0.2) is 42.2 Å². The lowest BCUT2D eigenvalue weighted by Crippen LogP contribution is -2.26. The van der Waals surface area contributed by atoms with Crippen molar-refractivity contribution in [2.45, 2.75) is 19.3 Å². The Morgan fingerprint density at radius 1 is 1.48 bits per heavy atom. The van der Waals surface area contributed by atoms with Crippen molar-refractivity contribution in [2.75, 3.05) is 26.3 Å². The molecule has 112 valence electrons. The first kappa shape index (κ1) is 14.1. The minimum absolute atomic E-state index is 0.0622. The van der Waals surface area contributed by atoms with E-state index in [-0.39, 0.29) is 12.5 Å². The Bertz CT molecular complexity index is 553. The molecule has 2 aliphatic rings. The van der Waals surface area contributed by atoms with E-state index in [4.69, 9.17) is 9.84 Å². The third-order valence-electron chi connectivity index (χ3n) is 4.27. The van der Waals surface area contributed by atoms with Crippen LogP contribution < -0.4 is 4.74 Å². The summed E-state index contributed by atoms with van der Waals surface area (Å²) in [6.07, 6.45) is 6.26. The molecule has 0 spiro atoms. The van der Waals surface area contributed by atoms with Crippen molar-refractivity contribution < 1.29 is 14.6 Å². The summed E-state index contributed by atoms with van der Waals surface area (Å²) in [6, 6.07) is 6.04. The molecule has 1 fully saturated rings. The molecule has 3 rings (SSSR count). The summed E-state index contributed by atoms with van der Waals surface area (Å²) in [7, 11) is 0. The van der Waals surface area contributed by atoms with Crippen LogP contribution in [0.5, 0.6) is 5.75 Å². The van der Waals surface area contributed by atoms with Crippen LogP contribution in [0.2, 0.25) is 0 Å². The van der Waals surface area contributed by atoms with Gasteiger partial charge in [0.05, 0.1) is 6.61 Å². The fourth-order valence-corrected chi connectivity index (χ4v) is 3.03. The number of aliphatic hydroxyl groups excluding tert-OH is 1. The largest absolute Gasteiger partial charge is 0.493 e. The van der Waals surface area contributed by atoms with Crippen molar-refractivity contribution in [2.24, 2.45) is 5.92 Å². The highest BCUT2D eigenvalue weighted by Crippen LogP contribution is 2.26. The van der Waals surface area contributed by atoms with Crippen molar-refractivity contribution in [3.05, 3.63) is 35.4 Å². The molecule has 1 saturated heterocycles. The Morgan fingerprint density at radius 2 is 2.38 bits per heavy atom. The number of carbonyl (C=O) groups excluding carboxylic acids is 1. The second kappa shape index (κ2) is 6.31. The number of fused-ring (bicyclic) bond motifs is 1. The third-order valence-corrected chi connectivity index (χ3v) is 4.27. The molecule has 1 unspecified atom stereocenters. The van der Waals surface area contributed by atoms with E-state index in [0.29, 0.717) is 5.92 Å². The third kappa shape index (κ3) is 3.27. The van der Waals surface area contributed by atoms with E-state index in [1.807, 2.05) is 23.1 Å². The molecule has 2 aliphatic heterocycles. The smallest absolute Gasteiger partial charge is 0.246 e. The van der Waals surface area contributed by atoms with Gasteiger partial charge in [0.15, 0.2) is 0 Å². The van der Waals surface area contributed by atoms with Gasteiger partial charge < -0.3 is 14.7 Å². The molecular weight excluding hydrogens is 266 g/mol. The zero-order valence-electron chi connectivity index (χ0n) is 12.1. The lowest BCUT2D eigenvalue weighted by molar-refractivity contribution is -0.125. The van der Waals surface area contributed by atoms with Crippen molar-refractivity contribution >= 4 is 12.0 Å². The van der Waals surface area contributed by atoms with E-state index in [1.165, 1.54) is 5.56 Å². The van der Waals surface area contributed by atoms with Gasteiger partial charge in [-0.05, 0) is 48.1 Å². The predicted molar refractivity (Wildman–Crippen MR) is 81.1 cm³/mol. The molecule has 1 aromatic carbocycles. The summed E-state index contributed by atoms with van der Waals surface area (Å²) in [5, 5.41) is 8.95. The first-order valence-corrected chi connectivity index (χ1v) is 7.60. The van der Waals surface area contributed by atoms with Gasteiger partial charge in [-0.2, -0.15) is 0 Å². The fourth-order valence-electron chi connectivity index (χ4n) is 3.03. The normalized spacial score (nSPS) is 20.8. The monoisotopic (exact) mass is 287 g/mol. The Labute approximate surface area is 125 Å². The Morgan fingerprint density at radius 3 is 3.24 bits per heavy atom. The van der Waals surface area contributed by atoms with Gasteiger partial charge >= 0.3 is 0 Å². The van der Waals surface area contributed by atoms with E-state index in [1.54, 1.807) is 6.08 Å². The van der Waals surface area contributed by atoms with Crippen LogP contribution in [0.25, 0.3) is 6.08 Å². The second-order valence-corrected chi connectivity index (χ2v) is 5.75. The van der Waals surface area contributed by atoms with Crippen LogP contribution in [0, 0.1) is 5.92 Å². The van der Waals surface area contributed by atoms with Gasteiger partial charge in [0, 0.05) is 32.2 Å². The molecule has 1 atom stereocenters. The summed E-state index contributed by atoms with van der Waals surface area (Å²) in [6.45, 7) is 2.52. The zero-order valence-corrected chi connectivity index (χ0v) is 12.1. The number of likely N-dealkylation sites (tertiary alicyclic amines) is 1. The van der Waals surface area contributed by atoms with Crippen LogP contribution >= 0.6 is 0 Å². The molecule has 1 amide bonds. The number of ether oxygens (including phenoxy) is 1. The summed E-state index contributed by atoms with van der Waals surface area (Å²) in [5.41, 5.74) is 2.26. The standard InChI is InChI=1S/C17H21NO3/c19-9-6-14-5-8-18(12-14)17(20)4-2-13-1-3-16-15(11-13)7-10-21-16/h1-4,11,14,19H,5-10,12H2/b4-2+. The molecule has 4 heteroatoms. The highest BCUT2D eigenvalue weighted by Gasteiger charge is 2.24. The Kier molecular flexibility index (Phi) is 4.25. The number of nitrogens with zero attached hydrogens (tertiary/aromatic N) is 1. The van der Waals surface area contributed by atoms with E-state index < -0.39 is 0 Å². The summed E-state index contributed by atoms with van der Waals surface area (Å²) in [4.78, 5) is 14.0. The van der Waals surface area contributed by atoms with Crippen molar-refractivity contribution in [1.29, 1.82) is 0 Å². The number of rotatable bonds is 4. The van der Waals surface area contributed by atoms with E-state index in [9.17, 15) is 4.79 Å². The van der Waals surface area contributed by atoms with Gasteiger partial charge in [-0.1, -0.05) is 6.07 Å². The molecule has 0 radical (unpaired) electrons. The Hall–Kier alpha value is -1.81. The number of amides is 1. The molecule has 0 bridgehead atoms. The highest BCUT2D eigenvalue weighted by molar-refractivity contribution is 5.92. The van der Waals surface area contributed by atoms with Crippen molar-refractivity contribution in [1.82, 2.24) is 4.90 Å². The summed E-state index contributed by atoms with van der Waals surface area (Å²) >= 11 is 0. The van der Waals surface area contributed by atoms with E-state index >= 15 is 0 Å². The molecule has 0 aromatic heterocycles. The SMILES string of the molecule is O=C(/C=C/c1ccc2c(c1)CCO2)N1CCC(CCO)C1. The predicted octanol–water partition coefficient (Wildman–Crippen LogP) is 1.87. The fraction of sp³-hybridized carbons (Fsp3) is 0.471. The van der Waals surface area contributed by atoms with Gasteiger partial charge in [0.25, 0.3) is 0 Å².